The van der Waals surface area contributed by atoms with Gasteiger partial charge in [-0.05, 0) is 12.5 Å². The van der Waals surface area contributed by atoms with Crippen molar-refractivity contribution >= 4 is 5.97 Å². The standard InChI is InChI=1S/C15H18O4/c1-3-7-14(19-12-15(16)17-2)11-18-10-13-8-5-4-6-9-13/h4-6,8-9,14H,10-12H2,1-2H3/t14-/m1/s1. The average molecular weight is 262 g/mol. The van der Waals surface area contributed by atoms with Gasteiger partial charge in [0, 0.05) is 0 Å². The maximum absolute atomic E-state index is 11.0. The molecule has 0 fully saturated rings. The highest BCUT2D eigenvalue weighted by Gasteiger charge is 2.09. The molecule has 0 bridgehead atoms. The molecule has 0 N–H and O–H groups in total. The third kappa shape index (κ3) is 6.61. The quantitative estimate of drug-likeness (QED) is 0.555. The fourth-order valence-corrected chi connectivity index (χ4v) is 1.38. The van der Waals surface area contributed by atoms with Gasteiger partial charge in [0.05, 0.1) is 20.3 Å². The van der Waals surface area contributed by atoms with Crippen molar-refractivity contribution in [2.24, 2.45) is 0 Å². The molecule has 1 aromatic rings. The molecule has 19 heavy (non-hydrogen) atoms. The predicted molar refractivity (Wildman–Crippen MR) is 71.3 cm³/mol. The van der Waals surface area contributed by atoms with Crippen molar-refractivity contribution in [1.82, 2.24) is 0 Å². The van der Waals surface area contributed by atoms with Crippen molar-refractivity contribution in [2.75, 3.05) is 20.3 Å². The molecule has 0 heterocycles. The number of hydrogen-bond acceptors (Lipinski definition) is 4. The van der Waals surface area contributed by atoms with E-state index in [9.17, 15) is 4.79 Å². The summed E-state index contributed by atoms with van der Waals surface area (Å²) in [5.74, 6) is 5.17. The van der Waals surface area contributed by atoms with Crippen molar-refractivity contribution in [3.05, 3.63) is 35.9 Å². The van der Waals surface area contributed by atoms with E-state index in [1.165, 1.54) is 7.11 Å². The van der Waals surface area contributed by atoms with E-state index in [0.717, 1.165) is 5.56 Å². The molecule has 102 valence electrons. The summed E-state index contributed by atoms with van der Waals surface area (Å²) in [4.78, 5) is 11.0. The summed E-state index contributed by atoms with van der Waals surface area (Å²) in [6.07, 6.45) is -0.423. The van der Waals surface area contributed by atoms with Gasteiger partial charge in [0.15, 0.2) is 0 Å². The van der Waals surface area contributed by atoms with Gasteiger partial charge in [0.1, 0.15) is 12.7 Å². The third-order valence-electron chi connectivity index (χ3n) is 2.32. The first-order chi connectivity index (χ1) is 9.26. The van der Waals surface area contributed by atoms with Crippen molar-refractivity contribution in [3.63, 3.8) is 0 Å². The molecule has 0 unspecified atom stereocenters. The molecule has 4 heteroatoms. The van der Waals surface area contributed by atoms with Crippen LogP contribution in [-0.2, 0) is 25.6 Å². The summed E-state index contributed by atoms with van der Waals surface area (Å²) >= 11 is 0. The summed E-state index contributed by atoms with van der Waals surface area (Å²) < 4.78 is 15.3. The van der Waals surface area contributed by atoms with E-state index in [1.807, 2.05) is 30.3 Å². The molecule has 0 aromatic heterocycles. The van der Waals surface area contributed by atoms with Crippen molar-refractivity contribution in [1.29, 1.82) is 0 Å². The van der Waals surface area contributed by atoms with Gasteiger partial charge in [-0.1, -0.05) is 36.3 Å². The topological polar surface area (TPSA) is 44.8 Å². The first-order valence-electron chi connectivity index (χ1n) is 5.98. The molecule has 0 amide bonds. The molecule has 0 spiro atoms. The molecular formula is C15H18O4. The Morgan fingerprint density at radius 2 is 2.05 bits per heavy atom. The third-order valence-corrected chi connectivity index (χ3v) is 2.32. The van der Waals surface area contributed by atoms with Gasteiger partial charge >= 0.3 is 5.97 Å². The summed E-state index contributed by atoms with van der Waals surface area (Å²) in [6, 6.07) is 9.82. The Kier molecular flexibility index (Phi) is 7.33. The van der Waals surface area contributed by atoms with Crippen LogP contribution in [0, 0.1) is 11.8 Å². The number of methoxy groups -OCH3 is 1. The van der Waals surface area contributed by atoms with E-state index in [2.05, 4.69) is 16.6 Å². The van der Waals surface area contributed by atoms with E-state index in [-0.39, 0.29) is 6.61 Å². The Hall–Kier alpha value is -1.83. The lowest BCUT2D eigenvalue weighted by atomic mass is 10.2. The van der Waals surface area contributed by atoms with Gasteiger partial charge in [-0.3, -0.25) is 0 Å². The zero-order valence-corrected chi connectivity index (χ0v) is 11.2. The molecule has 0 aliphatic carbocycles. The summed E-state index contributed by atoms with van der Waals surface area (Å²) in [5, 5.41) is 0. The highest BCUT2D eigenvalue weighted by atomic mass is 16.6. The Labute approximate surface area is 113 Å². The van der Waals surface area contributed by atoms with Crippen LogP contribution in [0.3, 0.4) is 0 Å². The van der Waals surface area contributed by atoms with Gasteiger partial charge in [-0.2, -0.15) is 0 Å². The molecule has 1 atom stereocenters. The van der Waals surface area contributed by atoms with Gasteiger partial charge in [0.25, 0.3) is 0 Å². The Morgan fingerprint density at radius 3 is 2.68 bits per heavy atom. The Balaban J connectivity index is 2.32. The summed E-state index contributed by atoms with van der Waals surface area (Å²) in [6.45, 7) is 2.40. The van der Waals surface area contributed by atoms with Crippen LogP contribution in [0.15, 0.2) is 30.3 Å². The summed E-state index contributed by atoms with van der Waals surface area (Å²) in [5.41, 5.74) is 1.08. The van der Waals surface area contributed by atoms with Crippen molar-refractivity contribution in [3.8, 4) is 11.8 Å². The van der Waals surface area contributed by atoms with Gasteiger partial charge < -0.3 is 14.2 Å². The number of benzene rings is 1. The smallest absolute Gasteiger partial charge is 0.331 e. The second-order valence-corrected chi connectivity index (χ2v) is 3.77. The van der Waals surface area contributed by atoms with E-state index < -0.39 is 12.1 Å². The number of ether oxygens (including phenoxy) is 3. The molecule has 0 saturated carbocycles. The highest BCUT2D eigenvalue weighted by molar-refractivity contribution is 5.70. The van der Waals surface area contributed by atoms with E-state index in [4.69, 9.17) is 9.47 Å². The number of esters is 1. The molecule has 4 nitrogen and oxygen atoms in total. The van der Waals surface area contributed by atoms with Crippen molar-refractivity contribution in [2.45, 2.75) is 19.6 Å². The maximum Gasteiger partial charge on any atom is 0.331 e. The van der Waals surface area contributed by atoms with Crippen LogP contribution in [-0.4, -0.2) is 32.4 Å². The van der Waals surface area contributed by atoms with Crippen LogP contribution in [0.4, 0.5) is 0 Å². The van der Waals surface area contributed by atoms with Crippen LogP contribution >= 0.6 is 0 Å². The molecule has 1 aromatic carbocycles. The number of hydrogen-bond donors (Lipinski definition) is 0. The predicted octanol–water partition coefficient (Wildman–Crippen LogP) is 1.78. The molecule has 0 saturated heterocycles. The fourth-order valence-electron chi connectivity index (χ4n) is 1.38. The van der Waals surface area contributed by atoms with Crippen LogP contribution < -0.4 is 0 Å². The Morgan fingerprint density at radius 1 is 1.32 bits per heavy atom. The minimum atomic E-state index is -0.425. The lowest BCUT2D eigenvalue weighted by Crippen LogP contribution is -2.22. The zero-order valence-electron chi connectivity index (χ0n) is 11.2. The van der Waals surface area contributed by atoms with E-state index in [1.54, 1.807) is 6.92 Å². The molecule has 0 aliphatic heterocycles. The van der Waals surface area contributed by atoms with E-state index in [0.29, 0.717) is 13.2 Å². The van der Waals surface area contributed by atoms with Gasteiger partial charge in [0.2, 0.25) is 0 Å². The van der Waals surface area contributed by atoms with Crippen LogP contribution in [0.5, 0.6) is 0 Å². The number of carbonyl (C=O) groups is 1. The largest absolute Gasteiger partial charge is 0.467 e. The average Bonchev–Trinajstić information content (AvgIpc) is 2.45. The normalized spacial score (nSPS) is 11.3. The second kappa shape index (κ2) is 9.15. The van der Waals surface area contributed by atoms with Crippen molar-refractivity contribution < 1.29 is 19.0 Å². The van der Waals surface area contributed by atoms with E-state index >= 15 is 0 Å². The minimum absolute atomic E-state index is 0.120. The maximum atomic E-state index is 11.0. The van der Waals surface area contributed by atoms with Gasteiger partial charge in [-0.15, -0.1) is 5.92 Å². The number of rotatable bonds is 7. The number of carbonyl (C=O) groups excluding carboxylic acids is 1. The molecule has 0 radical (unpaired) electrons. The molecular weight excluding hydrogens is 244 g/mol. The minimum Gasteiger partial charge on any atom is -0.467 e. The zero-order chi connectivity index (χ0) is 13.9. The first kappa shape index (κ1) is 15.2. The SMILES string of the molecule is CC#C[C@H](COCc1ccccc1)OCC(=O)OC. The lowest BCUT2D eigenvalue weighted by molar-refractivity contribution is -0.147. The molecule has 0 aliphatic rings. The van der Waals surface area contributed by atoms with Gasteiger partial charge in [-0.25, -0.2) is 4.79 Å². The summed E-state index contributed by atoms with van der Waals surface area (Å²) in [7, 11) is 1.32. The first-order valence-corrected chi connectivity index (χ1v) is 5.98. The van der Waals surface area contributed by atoms with Crippen LogP contribution in [0.25, 0.3) is 0 Å². The van der Waals surface area contributed by atoms with Crippen LogP contribution in [0.2, 0.25) is 0 Å². The lowest BCUT2D eigenvalue weighted by Gasteiger charge is -2.12. The molecule has 1 rings (SSSR count). The second-order valence-electron chi connectivity index (χ2n) is 3.77. The monoisotopic (exact) mass is 262 g/mol. The highest BCUT2D eigenvalue weighted by Crippen LogP contribution is 2.02. The fraction of sp³-hybridized carbons (Fsp3) is 0.400. The van der Waals surface area contributed by atoms with Crippen LogP contribution in [0.1, 0.15) is 12.5 Å². The Bertz CT molecular complexity index is 430.